The lowest BCUT2D eigenvalue weighted by atomic mass is 10.1. The van der Waals surface area contributed by atoms with Crippen LogP contribution in [0.3, 0.4) is 0 Å². The molecule has 1 unspecified atom stereocenters. The fourth-order valence-electron chi connectivity index (χ4n) is 2.04. The van der Waals surface area contributed by atoms with Crippen molar-refractivity contribution in [1.29, 1.82) is 0 Å². The molecule has 0 aliphatic rings. The Kier molecular flexibility index (Phi) is 5.43. The minimum atomic E-state index is -3.52. The molecule has 0 saturated carbocycles. The first-order valence-electron chi connectivity index (χ1n) is 7.00. The van der Waals surface area contributed by atoms with E-state index in [1.54, 1.807) is 18.2 Å². The van der Waals surface area contributed by atoms with Gasteiger partial charge in [0, 0.05) is 6.20 Å². The van der Waals surface area contributed by atoms with Crippen molar-refractivity contribution in [2.75, 3.05) is 12.4 Å². The molecule has 4 N–H and O–H groups in total. The van der Waals surface area contributed by atoms with Crippen LogP contribution in [-0.2, 0) is 10.0 Å². The number of aromatic nitrogens is 1. The zero-order chi connectivity index (χ0) is 17.9. The van der Waals surface area contributed by atoms with Gasteiger partial charge in [-0.3, -0.25) is 4.79 Å². The summed E-state index contributed by atoms with van der Waals surface area (Å²) in [7, 11) is -2.17. The van der Waals surface area contributed by atoms with E-state index in [4.69, 9.17) is 17.3 Å². The molecule has 1 aromatic heterocycles. The summed E-state index contributed by atoms with van der Waals surface area (Å²) in [6, 6.07) is 7.68. The number of sulfonamides is 1. The van der Waals surface area contributed by atoms with Crippen molar-refractivity contribution in [2.45, 2.75) is 17.9 Å². The van der Waals surface area contributed by atoms with E-state index in [1.807, 2.05) is 6.92 Å². The fraction of sp³-hybridized carbons (Fsp3) is 0.200. The Morgan fingerprint density at radius 2 is 2.04 bits per heavy atom. The molecule has 1 atom stereocenters. The van der Waals surface area contributed by atoms with Crippen LogP contribution in [0.2, 0.25) is 5.02 Å². The van der Waals surface area contributed by atoms with Crippen molar-refractivity contribution in [1.82, 2.24) is 9.71 Å². The van der Waals surface area contributed by atoms with Crippen molar-refractivity contribution >= 4 is 33.3 Å². The molecule has 7 nitrogen and oxygen atoms in total. The summed E-state index contributed by atoms with van der Waals surface area (Å²) in [4.78, 5) is 15.4. The van der Waals surface area contributed by atoms with Gasteiger partial charge in [0.25, 0.3) is 0 Å². The Labute approximate surface area is 145 Å². The molecule has 128 valence electrons. The summed E-state index contributed by atoms with van der Waals surface area (Å²) in [6.45, 7) is 1.84. The highest BCUT2D eigenvalue weighted by Gasteiger charge is 2.15. The molecular formula is C15H17ClN4O3S. The summed E-state index contributed by atoms with van der Waals surface area (Å²) in [6.07, 6.45) is 1.32. The molecule has 0 radical (unpaired) electrons. The summed E-state index contributed by atoms with van der Waals surface area (Å²) < 4.78 is 26.0. The van der Waals surface area contributed by atoms with E-state index in [-0.39, 0.29) is 21.5 Å². The highest BCUT2D eigenvalue weighted by atomic mass is 35.5. The van der Waals surface area contributed by atoms with Gasteiger partial charge >= 0.3 is 0 Å². The number of rotatable bonds is 6. The van der Waals surface area contributed by atoms with Crippen LogP contribution in [0.5, 0.6) is 0 Å². The van der Waals surface area contributed by atoms with Crippen molar-refractivity contribution in [3.8, 4) is 0 Å². The number of primary amides is 1. The number of nitrogens with one attached hydrogen (secondary N) is 2. The zero-order valence-electron chi connectivity index (χ0n) is 13.1. The van der Waals surface area contributed by atoms with E-state index in [0.717, 1.165) is 5.56 Å². The number of benzene rings is 1. The Morgan fingerprint density at radius 1 is 1.33 bits per heavy atom. The van der Waals surface area contributed by atoms with Crippen LogP contribution in [0, 0.1) is 0 Å². The van der Waals surface area contributed by atoms with E-state index in [9.17, 15) is 13.2 Å². The fourth-order valence-corrected chi connectivity index (χ4v) is 3.04. The Morgan fingerprint density at radius 3 is 2.62 bits per heavy atom. The number of carbonyl (C=O) groups excluding carboxylic acids is 1. The number of anilines is 1. The van der Waals surface area contributed by atoms with Crippen LogP contribution in [0.1, 0.15) is 28.9 Å². The number of pyridine rings is 1. The standard InChI is InChI=1S/C15H17ClN4O3S/c1-9(10-4-3-5-12(6-10)24(22,23)18-2)20-15-13(16)7-11(8-19-15)14(17)21/h3-9,18H,1-2H3,(H2,17,21)(H,19,20). The maximum atomic E-state index is 11.9. The van der Waals surface area contributed by atoms with Gasteiger partial charge in [-0.05, 0) is 37.7 Å². The van der Waals surface area contributed by atoms with Crippen LogP contribution in [0.25, 0.3) is 0 Å². The first kappa shape index (κ1) is 18.2. The largest absolute Gasteiger partial charge is 0.366 e. The van der Waals surface area contributed by atoms with Crippen LogP contribution >= 0.6 is 11.6 Å². The van der Waals surface area contributed by atoms with Gasteiger partial charge in [-0.25, -0.2) is 18.1 Å². The number of nitrogens with zero attached hydrogens (tertiary/aromatic N) is 1. The van der Waals surface area contributed by atoms with Gasteiger partial charge in [0.1, 0.15) is 5.82 Å². The SMILES string of the molecule is CNS(=O)(=O)c1cccc(C(C)Nc2ncc(C(N)=O)cc2Cl)c1. The third-order valence-corrected chi connectivity index (χ3v) is 5.12. The van der Waals surface area contributed by atoms with Gasteiger partial charge in [0.15, 0.2) is 0 Å². The zero-order valence-corrected chi connectivity index (χ0v) is 14.6. The molecular weight excluding hydrogens is 352 g/mol. The third kappa shape index (κ3) is 4.02. The second-order valence-electron chi connectivity index (χ2n) is 5.06. The molecule has 0 bridgehead atoms. The summed E-state index contributed by atoms with van der Waals surface area (Å²) in [5.74, 6) is -0.245. The quantitative estimate of drug-likeness (QED) is 0.720. The molecule has 9 heteroatoms. The molecule has 0 fully saturated rings. The number of carbonyl (C=O) groups is 1. The molecule has 24 heavy (non-hydrogen) atoms. The predicted molar refractivity (Wildman–Crippen MR) is 92.5 cm³/mol. The highest BCUT2D eigenvalue weighted by molar-refractivity contribution is 7.89. The smallest absolute Gasteiger partial charge is 0.250 e. The normalized spacial score (nSPS) is 12.6. The van der Waals surface area contributed by atoms with E-state index >= 15 is 0 Å². The molecule has 0 aliphatic heterocycles. The Bertz CT molecular complexity index is 871. The molecule has 0 saturated heterocycles. The molecule has 2 rings (SSSR count). The molecule has 2 aromatic rings. The predicted octanol–water partition coefficient (Wildman–Crippen LogP) is 1.92. The third-order valence-electron chi connectivity index (χ3n) is 3.42. The average molecular weight is 369 g/mol. The lowest BCUT2D eigenvalue weighted by Gasteiger charge is -2.17. The highest BCUT2D eigenvalue weighted by Crippen LogP contribution is 2.26. The monoisotopic (exact) mass is 368 g/mol. The van der Waals surface area contributed by atoms with E-state index in [2.05, 4.69) is 15.0 Å². The van der Waals surface area contributed by atoms with E-state index in [0.29, 0.717) is 5.82 Å². The van der Waals surface area contributed by atoms with Crippen LogP contribution < -0.4 is 15.8 Å². The van der Waals surface area contributed by atoms with Gasteiger partial charge in [0.2, 0.25) is 15.9 Å². The van der Waals surface area contributed by atoms with Crippen LogP contribution in [0.15, 0.2) is 41.4 Å². The topological polar surface area (TPSA) is 114 Å². The first-order chi connectivity index (χ1) is 11.2. The number of hydrogen-bond donors (Lipinski definition) is 3. The van der Waals surface area contributed by atoms with Crippen LogP contribution in [-0.4, -0.2) is 26.4 Å². The second-order valence-corrected chi connectivity index (χ2v) is 7.36. The minimum Gasteiger partial charge on any atom is -0.366 e. The van der Waals surface area contributed by atoms with Crippen molar-refractivity contribution in [2.24, 2.45) is 5.73 Å². The molecule has 0 spiro atoms. The maximum absolute atomic E-state index is 11.9. The summed E-state index contributed by atoms with van der Waals surface area (Å²) in [5, 5.41) is 3.33. The number of amides is 1. The van der Waals surface area contributed by atoms with Gasteiger partial charge in [0.05, 0.1) is 21.5 Å². The van der Waals surface area contributed by atoms with Crippen molar-refractivity contribution in [3.63, 3.8) is 0 Å². The summed E-state index contributed by atoms with van der Waals surface area (Å²) in [5.41, 5.74) is 6.12. The van der Waals surface area contributed by atoms with Crippen molar-refractivity contribution in [3.05, 3.63) is 52.7 Å². The van der Waals surface area contributed by atoms with Gasteiger partial charge in [-0.2, -0.15) is 0 Å². The second kappa shape index (κ2) is 7.16. The Hall–Kier alpha value is -2.16. The average Bonchev–Trinajstić information content (AvgIpc) is 2.56. The van der Waals surface area contributed by atoms with Crippen molar-refractivity contribution < 1.29 is 13.2 Å². The minimum absolute atomic E-state index is 0.166. The van der Waals surface area contributed by atoms with Gasteiger partial charge in [-0.1, -0.05) is 23.7 Å². The summed E-state index contributed by atoms with van der Waals surface area (Å²) >= 11 is 6.09. The molecule has 1 heterocycles. The van der Waals surface area contributed by atoms with E-state index < -0.39 is 15.9 Å². The van der Waals surface area contributed by atoms with E-state index in [1.165, 1.54) is 25.4 Å². The van der Waals surface area contributed by atoms with Gasteiger partial charge in [-0.15, -0.1) is 0 Å². The molecule has 0 aliphatic carbocycles. The number of nitrogens with two attached hydrogens (primary N) is 1. The number of hydrogen-bond acceptors (Lipinski definition) is 5. The lowest BCUT2D eigenvalue weighted by molar-refractivity contribution is 0.1000. The van der Waals surface area contributed by atoms with Gasteiger partial charge < -0.3 is 11.1 Å². The lowest BCUT2D eigenvalue weighted by Crippen LogP contribution is -2.19. The molecule has 1 amide bonds. The number of halogens is 1. The Balaban J connectivity index is 2.26. The van der Waals surface area contributed by atoms with Crippen LogP contribution in [0.4, 0.5) is 5.82 Å². The molecule has 1 aromatic carbocycles. The maximum Gasteiger partial charge on any atom is 0.250 e. The first-order valence-corrected chi connectivity index (χ1v) is 8.86.